The Balaban J connectivity index is 2.28. The van der Waals surface area contributed by atoms with Gasteiger partial charge in [-0.2, -0.15) is 0 Å². The Bertz CT molecular complexity index is 683. The number of rotatable bonds is 7. The zero-order valence-electron chi connectivity index (χ0n) is 12.8. The molecule has 2 aromatic rings. The highest BCUT2D eigenvalue weighted by atomic mass is 16.5. The van der Waals surface area contributed by atoms with E-state index in [9.17, 15) is 14.4 Å². The van der Waals surface area contributed by atoms with Gasteiger partial charge in [0.2, 0.25) is 5.78 Å². The average molecular weight is 311 g/mol. The van der Waals surface area contributed by atoms with E-state index < -0.39 is 17.7 Å². The molecule has 0 aliphatic carbocycles. The van der Waals surface area contributed by atoms with Gasteiger partial charge in [-0.15, -0.1) is 0 Å². The van der Waals surface area contributed by atoms with E-state index in [1.165, 1.54) is 6.20 Å². The van der Waals surface area contributed by atoms with Gasteiger partial charge in [0.05, 0.1) is 12.5 Å². The first-order valence-electron chi connectivity index (χ1n) is 7.33. The summed E-state index contributed by atoms with van der Waals surface area (Å²) >= 11 is 0. The molecule has 0 unspecified atom stereocenters. The third-order valence-electron chi connectivity index (χ3n) is 3.33. The van der Waals surface area contributed by atoms with Crippen molar-refractivity contribution in [2.45, 2.75) is 19.3 Å². The molecule has 1 atom stereocenters. The summed E-state index contributed by atoms with van der Waals surface area (Å²) < 4.78 is 4.71. The highest BCUT2D eigenvalue weighted by Gasteiger charge is 2.28. The van der Waals surface area contributed by atoms with E-state index in [0.717, 1.165) is 0 Å². The Morgan fingerprint density at radius 2 is 1.74 bits per heavy atom. The molecular weight excluding hydrogens is 294 g/mol. The van der Waals surface area contributed by atoms with Crippen molar-refractivity contribution >= 4 is 17.5 Å². The topological polar surface area (TPSA) is 73.3 Å². The fraction of sp³-hybridized carbons (Fsp3) is 0.222. The molecule has 0 aliphatic rings. The third-order valence-corrected chi connectivity index (χ3v) is 3.33. The first-order chi connectivity index (χ1) is 11.1. The van der Waals surface area contributed by atoms with E-state index in [0.29, 0.717) is 5.56 Å². The quantitative estimate of drug-likeness (QED) is 0.446. The van der Waals surface area contributed by atoms with Crippen LogP contribution in [0.15, 0.2) is 54.7 Å². The molecule has 0 spiro atoms. The summed E-state index contributed by atoms with van der Waals surface area (Å²) in [7, 11) is 0. The molecule has 0 bridgehead atoms. The van der Waals surface area contributed by atoms with Gasteiger partial charge in [0.25, 0.3) is 0 Å². The molecule has 5 nitrogen and oxygen atoms in total. The van der Waals surface area contributed by atoms with E-state index in [4.69, 9.17) is 4.74 Å². The maximum absolute atomic E-state index is 12.7. The molecule has 0 N–H and O–H groups in total. The van der Waals surface area contributed by atoms with Crippen LogP contribution in [0.3, 0.4) is 0 Å². The largest absolute Gasteiger partial charge is 0.460 e. The van der Waals surface area contributed by atoms with Crippen molar-refractivity contribution in [2.24, 2.45) is 0 Å². The van der Waals surface area contributed by atoms with Crippen molar-refractivity contribution < 1.29 is 19.1 Å². The second-order valence-corrected chi connectivity index (χ2v) is 4.89. The van der Waals surface area contributed by atoms with Gasteiger partial charge >= 0.3 is 5.97 Å². The number of carbonyl (C=O) groups is 3. The highest BCUT2D eigenvalue weighted by Crippen LogP contribution is 2.24. The van der Waals surface area contributed by atoms with Gasteiger partial charge in [0.1, 0.15) is 5.69 Å². The Hall–Kier alpha value is -2.82. The van der Waals surface area contributed by atoms with Crippen molar-refractivity contribution in [3.05, 3.63) is 66.0 Å². The lowest BCUT2D eigenvalue weighted by Crippen LogP contribution is -2.24. The minimum Gasteiger partial charge on any atom is -0.460 e. The number of aromatic nitrogens is 1. The number of hydrogen-bond donors (Lipinski definition) is 0. The fourth-order valence-corrected chi connectivity index (χ4v) is 2.21. The van der Waals surface area contributed by atoms with E-state index in [-0.39, 0.29) is 24.5 Å². The zero-order chi connectivity index (χ0) is 16.7. The molecule has 0 saturated carbocycles. The zero-order valence-corrected chi connectivity index (χ0v) is 12.8. The van der Waals surface area contributed by atoms with Crippen molar-refractivity contribution in [3.63, 3.8) is 0 Å². The molecule has 0 amide bonds. The van der Waals surface area contributed by atoms with E-state index in [1.54, 1.807) is 49.4 Å². The van der Waals surface area contributed by atoms with Crippen molar-refractivity contribution in [2.75, 3.05) is 6.61 Å². The maximum Gasteiger partial charge on any atom is 0.374 e. The molecular formula is C18H17NO4. The van der Waals surface area contributed by atoms with Crippen LogP contribution in [0.5, 0.6) is 0 Å². The standard InChI is InChI=1S/C18H17NO4/c1-2-23-18(22)16(20)12-14(13-8-4-3-5-9-13)17(21)15-10-6-7-11-19-15/h3-11,14H,2,12H2,1H3/t14-/m1/s1. The summed E-state index contributed by atoms with van der Waals surface area (Å²) in [4.78, 5) is 40.3. The highest BCUT2D eigenvalue weighted by molar-refractivity contribution is 6.34. The van der Waals surface area contributed by atoms with Gasteiger partial charge in [0.15, 0.2) is 5.78 Å². The van der Waals surface area contributed by atoms with Crippen LogP contribution >= 0.6 is 0 Å². The van der Waals surface area contributed by atoms with Gasteiger partial charge in [0, 0.05) is 12.6 Å². The second kappa shape index (κ2) is 7.98. The second-order valence-electron chi connectivity index (χ2n) is 4.89. The van der Waals surface area contributed by atoms with E-state index >= 15 is 0 Å². The van der Waals surface area contributed by atoms with E-state index in [2.05, 4.69) is 4.98 Å². The molecule has 2 rings (SSSR count). The molecule has 0 aliphatic heterocycles. The van der Waals surface area contributed by atoms with Crippen molar-refractivity contribution in [1.82, 2.24) is 4.98 Å². The van der Waals surface area contributed by atoms with E-state index in [1.807, 2.05) is 6.07 Å². The number of ether oxygens (including phenoxy) is 1. The number of pyridine rings is 1. The lowest BCUT2D eigenvalue weighted by molar-refractivity contribution is -0.153. The summed E-state index contributed by atoms with van der Waals surface area (Å²) in [5, 5.41) is 0. The Morgan fingerprint density at radius 1 is 1.04 bits per heavy atom. The number of ketones is 2. The minimum absolute atomic E-state index is 0.120. The summed E-state index contributed by atoms with van der Waals surface area (Å²) in [5.41, 5.74) is 0.929. The van der Waals surface area contributed by atoms with Crippen LogP contribution in [0.4, 0.5) is 0 Å². The minimum atomic E-state index is -0.915. The van der Waals surface area contributed by atoms with Crippen LogP contribution in [0.1, 0.15) is 35.3 Å². The van der Waals surface area contributed by atoms with Crippen LogP contribution in [-0.4, -0.2) is 29.1 Å². The predicted molar refractivity (Wildman–Crippen MR) is 84.0 cm³/mol. The molecule has 0 radical (unpaired) electrons. The Morgan fingerprint density at radius 3 is 2.35 bits per heavy atom. The van der Waals surface area contributed by atoms with Crippen LogP contribution in [0.25, 0.3) is 0 Å². The van der Waals surface area contributed by atoms with Gasteiger partial charge in [-0.3, -0.25) is 14.6 Å². The normalized spacial score (nSPS) is 11.5. The van der Waals surface area contributed by atoms with Gasteiger partial charge in [-0.25, -0.2) is 4.79 Å². The van der Waals surface area contributed by atoms with Crippen LogP contribution in [0, 0.1) is 0 Å². The lowest BCUT2D eigenvalue weighted by atomic mass is 9.88. The van der Waals surface area contributed by atoms with Crippen LogP contribution < -0.4 is 0 Å². The summed E-state index contributed by atoms with van der Waals surface area (Å²) in [6.45, 7) is 1.74. The number of nitrogens with zero attached hydrogens (tertiary/aromatic N) is 1. The molecule has 23 heavy (non-hydrogen) atoms. The smallest absolute Gasteiger partial charge is 0.374 e. The SMILES string of the molecule is CCOC(=O)C(=O)C[C@@H](C(=O)c1ccccn1)c1ccccc1. The van der Waals surface area contributed by atoms with Crippen molar-refractivity contribution in [3.8, 4) is 0 Å². The lowest BCUT2D eigenvalue weighted by Gasteiger charge is -2.15. The first-order valence-corrected chi connectivity index (χ1v) is 7.33. The molecule has 118 valence electrons. The number of esters is 1. The molecule has 1 aromatic carbocycles. The summed E-state index contributed by atoms with van der Waals surface area (Å²) in [6.07, 6.45) is 1.28. The third kappa shape index (κ3) is 4.32. The molecule has 5 heteroatoms. The predicted octanol–water partition coefficient (Wildman–Crippen LogP) is 2.57. The average Bonchev–Trinajstić information content (AvgIpc) is 2.60. The van der Waals surface area contributed by atoms with Gasteiger partial charge in [-0.05, 0) is 24.6 Å². The number of Topliss-reactive ketones (excluding diaryl/α,β-unsaturated/α-hetero) is 2. The Kier molecular flexibility index (Phi) is 5.74. The van der Waals surface area contributed by atoms with Crippen LogP contribution in [-0.2, 0) is 14.3 Å². The van der Waals surface area contributed by atoms with Crippen molar-refractivity contribution in [1.29, 1.82) is 0 Å². The Labute approximate surface area is 134 Å². The maximum atomic E-state index is 12.7. The number of benzene rings is 1. The van der Waals surface area contributed by atoms with Gasteiger partial charge in [-0.1, -0.05) is 36.4 Å². The fourth-order valence-electron chi connectivity index (χ4n) is 2.21. The molecule has 1 aromatic heterocycles. The number of carbonyl (C=O) groups excluding carboxylic acids is 3. The van der Waals surface area contributed by atoms with Crippen LogP contribution in [0.2, 0.25) is 0 Å². The molecule has 1 heterocycles. The van der Waals surface area contributed by atoms with Gasteiger partial charge < -0.3 is 4.74 Å². The monoisotopic (exact) mass is 311 g/mol. The first kappa shape index (κ1) is 16.5. The summed E-state index contributed by atoms with van der Waals surface area (Å²) in [5.74, 6) is -2.69. The number of hydrogen-bond acceptors (Lipinski definition) is 5. The molecule has 0 fully saturated rings. The molecule has 0 saturated heterocycles. The summed E-state index contributed by atoms with van der Waals surface area (Å²) in [6, 6.07) is 13.9.